The maximum Gasteiger partial charge on any atom is 0.335 e. The van der Waals surface area contributed by atoms with Crippen LogP contribution in [-0.4, -0.2) is 11.1 Å². The zero-order chi connectivity index (χ0) is 13.4. The van der Waals surface area contributed by atoms with Gasteiger partial charge in [0.1, 0.15) is 0 Å². The number of rotatable bonds is 1. The summed E-state index contributed by atoms with van der Waals surface area (Å²) >= 11 is 0. The fourth-order valence-electron chi connectivity index (χ4n) is 1.82. The summed E-state index contributed by atoms with van der Waals surface area (Å²) in [6.45, 7) is 12.5. The Morgan fingerprint density at radius 2 is 1.53 bits per heavy atom. The van der Waals surface area contributed by atoms with E-state index in [0.29, 0.717) is 5.56 Å². The molecule has 0 spiro atoms. The average molecular weight is 234 g/mol. The Balaban J connectivity index is 3.46. The highest BCUT2D eigenvalue weighted by Crippen LogP contribution is 2.31. The third-order valence-electron chi connectivity index (χ3n) is 2.92. The van der Waals surface area contributed by atoms with Crippen molar-refractivity contribution in [2.45, 2.75) is 52.4 Å². The van der Waals surface area contributed by atoms with Crippen LogP contribution in [0, 0.1) is 0 Å². The fourth-order valence-corrected chi connectivity index (χ4v) is 1.82. The van der Waals surface area contributed by atoms with Gasteiger partial charge in [0, 0.05) is 0 Å². The standard InChI is InChI=1S/C15H22O2/c1-14(2,3)10-7-8-11(13(16)17)12(9-10)15(4,5)6/h7-9H,1-6H3,(H,16,17). The third-order valence-corrected chi connectivity index (χ3v) is 2.92. The van der Waals surface area contributed by atoms with E-state index < -0.39 is 5.97 Å². The van der Waals surface area contributed by atoms with Crippen LogP contribution in [0.25, 0.3) is 0 Å². The van der Waals surface area contributed by atoms with Gasteiger partial charge in [-0.05, 0) is 28.0 Å². The molecule has 0 heterocycles. The molecule has 0 amide bonds. The number of carboxylic acids is 1. The molecular weight excluding hydrogens is 212 g/mol. The van der Waals surface area contributed by atoms with Gasteiger partial charge in [-0.3, -0.25) is 0 Å². The number of carboxylic acid groups (broad SMARTS) is 1. The maximum absolute atomic E-state index is 11.2. The van der Waals surface area contributed by atoms with Crippen LogP contribution in [-0.2, 0) is 10.8 Å². The molecule has 0 aliphatic heterocycles. The molecule has 2 heteroatoms. The largest absolute Gasteiger partial charge is 0.478 e. The van der Waals surface area contributed by atoms with Gasteiger partial charge in [0.05, 0.1) is 5.56 Å². The van der Waals surface area contributed by atoms with E-state index in [9.17, 15) is 9.90 Å². The van der Waals surface area contributed by atoms with Crippen molar-refractivity contribution in [1.29, 1.82) is 0 Å². The van der Waals surface area contributed by atoms with Crippen molar-refractivity contribution in [1.82, 2.24) is 0 Å². The Bertz CT molecular complexity index is 431. The second kappa shape index (κ2) is 4.17. The molecule has 0 aliphatic carbocycles. The predicted octanol–water partition coefficient (Wildman–Crippen LogP) is 3.98. The van der Waals surface area contributed by atoms with E-state index in [0.717, 1.165) is 5.56 Å². The zero-order valence-corrected chi connectivity index (χ0v) is 11.6. The number of hydrogen-bond acceptors (Lipinski definition) is 1. The minimum atomic E-state index is -0.851. The van der Waals surface area contributed by atoms with Gasteiger partial charge in [-0.25, -0.2) is 4.79 Å². The molecule has 2 nitrogen and oxygen atoms in total. The summed E-state index contributed by atoms with van der Waals surface area (Å²) < 4.78 is 0. The topological polar surface area (TPSA) is 37.3 Å². The molecule has 1 N–H and O–H groups in total. The molecule has 0 bridgehead atoms. The minimum Gasteiger partial charge on any atom is -0.478 e. The van der Waals surface area contributed by atoms with Gasteiger partial charge >= 0.3 is 5.97 Å². The Kier molecular flexibility index (Phi) is 3.37. The lowest BCUT2D eigenvalue weighted by Crippen LogP contribution is -2.20. The average Bonchev–Trinajstić information content (AvgIpc) is 2.14. The second-order valence-electron chi connectivity index (χ2n) is 6.57. The normalized spacial score (nSPS) is 12.6. The lowest BCUT2D eigenvalue weighted by Gasteiger charge is -2.26. The van der Waals surface area contributed by atoms with Crippen LogP contribution in [0.3, 0.4) is 0 Å². The van der Waals surface area contributed by atoms with Crippen molar-refractivity contribution in [3.05, 3.63) is 34.9 Å². The summed E-state index contributed by atoms with van der Waals surface area (Å²) in [6, 6.07) is 5.67. The Morgan fingerprint density at radius 3 is 1.88 bits per heavy atom. The molecule has 0 saturated heterocycles. The summed E-state index contributed by atoms with van der Waals surface area (Å²) in [5.41, 5.74) is 2.36. The van der Waals surface area contributed by atoms with Gasteiger partial charge in [-0.2, -0.15) is 0 Å². The molecule has 0 aliphatic rings. The molecule has 0 fully saturated rings. The molecule has 1 rings (SSSR count). The van der Waals surface area contributed by atoms with Crippen LogP contribution < -0.4 is 0 Å². The highest BCUT2D eigenvalue weighted by atomic mass is 16.4. The summed E-state index contributed by atoms with van der Waals surface area (Å²) in [6.07, 6.45) is 0. The SMILES string of the molecule is CC(C)(C)c1ccc(C(=O)O)c(C(C)(C)C)c1. The first-order chi connectivity index (χ1) is 7.53. The van der Waals surface area contributed by atoms with E-state index in [1.165, 1.54) is 5.56 Å². The molecule has 0 aromatic heterocycles. The van der Waals surface area contributed by atoms with Gasteiger partial charge in [-0.15, -0.1) is 0 Å². The van der Waals surface area contributed by atoms with E-state index >= 15 is 0 Å². The van der Waals surface area contributed by atoms with Gasteiger partial charge < -0.3 is 5.11 Å². The summed E-state index contributed by atoms with van der Waals surface area (Å²) in [4.78, 5) is 11.2. The summed E-state index contributed by atoms with van der Waals surface area (Å²) in [7, 11) is 0. The zero-order valence-electron chi connectivity index (χ0n) is 11.6. The monoisotopic (exact) mass is 234 g/mol. The van der Waals surface area contributed by atoms with Crippen molar-refractivity contribution in [3.63, 3.8) is 0 Å². The molecule has 0 radical (unpaired) electrons. The smallest absolute Gasteiger partial charge is 0.335 e. The molecule has 0 atom stereocenters. The molecule has 17 heavy (non-hydrogen) atoms. The Hall–Kier alpha value is -1.31. The Labute approximate surface area is 104 Å². The van der Waals surface area contributed by atoms with E-state index in [4.69, 9.17) is 0 Å². The molecule has 1 aromatic rings. The first-order valence-electron chi connectivity index (χ1n) is 5.92. The summed E-state index contributed by atoms with van der Waals surface area (Å²) in [5, 5.41) is 9.22. The van der Waals surface area contributed by atoms with E-state index in [2.05, 4.69) is 20.8 Å². The van der Waals surface area contributed by atoms with Crippen LogP contribution in [0.1, 0.15) is 63.0 Å². The third kappa shape index (κ3) is 3.09. The van der Waals surface area contributed by atoms with Crippen LogP contribution in [0.4, 0.5) is 0 Å². The first kappa shape index (κ1) is 13.8. The van der Waals surface area contributed by atoms with Crippen molar-refractivity contribution in [2.75, 3.05) is 0 Å². The first-order valence-corrected chi connectivity index (χ1v) is 5.92. The van der Waals surface area contributed by atoms with Crippen LogP contribution >= 0.6 is 0 Å². The Morgan fingerprint density at radius 1 is 1.00 bits per heavy atom. The number of benzene rings is 1. The van der Waals surface area contributed by atoms with Gasteiger partial charge in [0.2, 0.25) is 0 Å². The van der Waals surface area contributed by atoms with Crippen LogP contribution in [0.5, 0.6) is 0 Å². The molecule has 94 valence electrons. The second-order valence-corrected chi connectivity index (χ2v) is 6.57. The van der Waals surface area contributed by atoms with E-state index in [1.807, 2.05) is 32.9 Å². The highest BCUT2D eigenvalue weighted by molar-refractivity contribution is 5.90. The number of carbonyl (C=O) groups is 1. The summed E-state index contributed by atoms with van der Waals surface area (Å²) in [5.74, 6) is -0.851. The minimum absolute atomic E-state index is 0.0387. The lowest BCUT2D eigenvalue weighted by molar-refractivity contribution is 0.0694. The van der Waals surface area contributed by atoms with Crippen LogP contribution in [0.2, 0.25) is 0 Å². The molecular formula is C15H22O2. The highest BCUT2D eigenvalue weighted by Gasteiger charge is 2.24. The fraction of sp³-hybridized carbons (Fsp3) is 0.533. The van der Waals surface area contributed by atoms with Gasteiger partial charge in [-0.1, -0.05) is 53.7 Å². The van der Waals surface area contributed by atoms with E-state index in [1.54, 1.807) is 6.07 Å². The number of hydrogen-bond donors (Lipinski definition) is 1. The number of aromatic carboxylic acids is 1. The molecule has 0 unspecified atom stereocenters. The molecule has 0 saturated carbocycles. The van der Waals surface area contributed by atoms with E-state index in [-0.39, 0.29) is 10.8 Å². The van der Waals surface area contributed by atoms with Gasteiger partial charge in [0.15, 0.2) is 0 Å². The lowest BCUT2D eigenvalue weighted by atomic mass is 9.78. The van der Waals surface area contributed by atoms with Crippen molar-refractivity contribution >= 4 is 5.97 Å². The van der Waals surface area contributed by atoms with Gasteiger partial charge in [0.25, 0.3) is 0 Å². The molecule has 1 aromatic carbocycles. The predicted molar refractivity (Wildman–Crippen MR) is 70.8 cm³/mol. The van der Waals surface area contributed by atoms with Crippen molar-refractivity contribution in [3.8, 4) is 0 Å². The quantitative estimate of drug-likeness (QED) is 0.798. The maximum atomic E-state index is 11.2. The van der Waals surface area contributed by atoms with Crippen molar-refractivity contribution in [2.24, 2.45) is 0 Å². The van der Waals surface area contributed by atoms with Crippen LogP contribution in [0.15, 0.2) is 18.2 Å². The van der Waals surface area contributed by atoms with Crippen molar-refractivity contribution < 1.29 is 9.90 Å².